The van der Waals surface area contributed by atoms with E-state index in [1.807, 2.05) is 36.4 Å². The second kappa shape index (κ2) is 9.86. The van der Waals surface area contributed by atoms with Gasteiger partial charge in [-0.1, -0.05) is 36.1 Å². The molecular formula is C24H25N3O4. The van der Waals surface area contributed by atoms with Crippen molar-refractivity contribution >= 4 is 12.2 Å². The van der Waals surface area contributed by atoms with Crippen LogP contribution < -0.4 is 5.32 Å². The number of ether oxygens (including phenoxy) is 1. The first-order valence-corrected chi connectivity index (χ1v) is 10.4. The first-order valence-electron chi connectivity index (χ1n) is 10.4. The number of hydrogen-bond donors (Lipinski definition) is 2. The van der Waals surface area contributed by atoms with Gasteiger partial charge in [-0.3, -0.25) is 20.2 Å². The smallest absolute Gasteiger partial charge is 0.271 e. The molecule has 0 saturated carbocycles. The van der Waals surface area contributed by atoms with Crippen LogP contribution in [-0.2, 0) is 20.9 Å². The largest absolute Gasteiger partial charge is 0.379 e. The summed E-state index contributed by atoms with van der Waals surface area (Å²) in [5, 5.41) is 13.6. The fourth-order valence-corrected chi connectivity index (χ4v) is 3.72. The van der Waals surface area contributed by atoms with Crippen molar-refractivity contribution in [2.75, 3.05) is 32.8 Å². The Bertz CT molecular complexity index is 973. The summed E-state index contributed by atoms with van der Waals surface area (Å²) in [6.07, 6.45) is 0.496. The summed E-state index contributed by atoms with van der Waals surface area (Å²) < 4.78 is 5.39. The second-order valence-electron chi connectivity index (χ2n) is 7.68. The number of amides is 1. The van der Waals surface area contributed by atoms with Crippen LogP contribution in [0.4, 0.5) is 0 Å². The summed E-state index contributed by atoms with van der Waals surface area (Å²) in [4.78, 5) is 25.2. The summed E-state index contributed by atoms with van der Waals surface area (Å²) in [5.41, 5.74) is 3.81. The van der Waals surface area contributed by atoms with E-state index in [9.17, 15) is 14.8 Å². The number of nitrogens with one attached hydrogen (secondary N) is 1. The van der Waals surface area contributed by atoms with Crippen LogP contribution in [0.5, 0.6) is 0 Å². The van der Waals surface area contributed by atoms with Gasteiger partial charge >= 0.3 is 0 Å². The fraction of sp³-hybridized carbons (Fsp3) is 0.333. The highest BCUT2D eigenvalue weighted by molar-refractivity contribution is 5.96. The number of carbonyl (C=O) groups excluding carboxylic acids is 2. The summed E-state index contributed by atoms with van der Waals surface area (Å²) in [5.74, 6) is 5.67. The number of hydroxylamine groups is 2. The quantitative estimate of drug-likeness (QED) is 0.337. The normalized spacial score (nSPS) is 22.0. The molecule has 4 rings (SSSR count). The molecule has 2 saturated heterocycles. The Morgan fingerprint density at radius 1 is 1.03 bits per heavy atom. The van der Waals surface area contributed by atoms with Crippen LogP contribution in [0.15, 0.2) is 48.5 Å². The number of carbonyl (C=O) groups is 2. The second-order valence-corrected chi connectivity index (χ2v) is 7.68. The van der Waals surface area contributed by atoms with Crippen molar-refractivity contribution in [1.29, 1.82) is 0 Å². The van der Waals surface area contributed by atoms with Gasteiger partial charge in [0.2, 0.25) is 0 Å². The molecule has 2 heterocycles. The molecule has 2 N–H and O–H groups in total. The van der Waals surface area contributed by atoms with Crippen LogP contribution in [0.25, 0.3) is 0 Å². The number of aldehydes is 1. The first kappa shape index (κ1) is 21.2. The molecule has 0 spiro atoms. The van der Waals surface area contributed by atoms with Gasteiger partial charge in [-0.05, 0) is 35.4 Å². The third-order valence-electron chi connectivity index (χ3n) is 5.56. The van der Waals surface area contributed by atoms with Crippen LogP contribution in [0.1, 0.15) is 28.3 Å². The molecule has 0 bridgehead atoms. The van der Waals surface area contributed by atoms with Gasteiger partial charge < -0.3 is 9.53 Å². The van der Waals surface area contributed by atoms with Gasteiger partial charge in [0.05, 0.1) is 19.3 Å². The van der Waals surface area contributed by atoms with Gasteiger partial charge in [-0.2, -0.15) is 0 Å². The molecular weight excluding hydrogens is 394 g/mol. The molecule has 2 atom stereocenters. The zero-order valence-electron chi connectivity index (χ0n) is 17.2. The minimum absolute atomic E-state index is 0.299. The van der Waals surface area contributed by atoms with Crippen LogP contribution in [-0.4, -0.2) is 66.3 Å². The Labute approximate surface area is 181 Å². The maximum absolute atomic E-state index is 12.0. The number of benzene rings is 2. The zero-order valence-corrected chi connectivity index (χ0v) is 17.2. The van der Waals surface area contributed by atoms with E-state index >= 15 is 0 Å². The monoisotopic (exact) mass is 419 g/mol. The Kier molecular flexibility index (Phi) is 6.75. The molecule has 2 unspecified atom stereocenters. The summed E-state index contributed by atoms with van der Waals surface area (Å²) in [7, 11) is 0. The van der Waals surface area contributed by atoms with Crippen LogP contribution in [0, 0.1) is 11.8 Å². The van der Waals surface area contributed by atoms with E-state index in [-0.39, 0.29) is 0 Å². The number of piperazine rings is 1. The van der Waals surface area contributed by atoms with Crippen LogP contribution in [0.3, 0.4) is 0 Å². The van der Waals surface area contributed by atoms with Crippen molar-refractivity contribution < 1.29 is 19.5 Å². The molecule has 0 aliphatic carbocycles. The lowest BCUT2D eigenvalue weighted by atomic mass is 10.0. The minimum Gasteiger partial charge on any atom is -0.379 e. The average molecular weight is 419 g/mol. The van der Waals surface area contributed by atoms with E-state index in [1.165, 1.54) is 5.56 Å². The van der Waals surface area contributed by atoms with E-state index < -0.39 is 18.0 Å². The lowest BCUT2D eigenvalue weighted by Gasteiger charge is -2.33. The molecule has 2 aliphatic rings. The molecule has 7 heteroatoms. The van der Waals surface area contributed by atoms with Gasteiger partial charge in [-0.15, -0.1) is 0 Å². The van der Waals surface area contributed by atoms with Gasteiger partial charge in [0.1, 0.15) is 12.3 Å². The highest BCUT2D eigenvalue weighted by Crippen LogP contribution is 2.22. The van der Waals surface area contributed by atoms with Gasteiger partial charge in [0, 0.05) is 37.3 Å². The van der Waals surface area contributed by atoms with E-state index in [0.29, 0.717) is 17.9 Å². The number of rotatable bonds is 4. The SMILES string of the molecule is O=CC1NCC(c2ccc(C#Cc3ccc(CN4CCOCC4)cc3)cc2)N(O)C1=O. The number of nitrogens with zero attached hydrogens (tertiary/aromatic N) is 2. The van der Waals surface area contributed by atoms with E-state index in [0.717, 1.165) is 49.5 Å². The summed E-state index contributed by atoms with van der Waals surface area (Å²) in [6.45, 7) is 4.75. The van der Waals surface area contributed by atoms with Crippen LogP contribution >= 0.6 is 0 Å². The predicted octanol–water partition coefficient (Wildman–Crippen LogP) is 1.35. The molecule has 2 aliphatic heterocycles. The zero-order chi connectivity index (χ0) is 21.6. The van der Waals surface area contributed by atoms with Crippen molar-refractivity contribution in [3.05, 3.63) is 70.8 Å². The van der Waals surface area contributed by atoms with Crippen molar-refractivity contribution in [3.8, 4) is 11.8 Å². The van der Waals surface area contributed by atoms with Crippen molar-refractivity contribution in [3.63, 3.8) is 0 Å². The minimum atomic E-state index is -0.994. The molecule has 0 aromatic heterocycles. The summed E-state index contributed by atoms with van der Waals surface area (Å²) in [6, 6.07) is 14.1. The van der Waals surface area contributed by atoms with E-state index in [2.05, 4.69) is 34.2 Å². The third-order valence-corrected chi connectivity index (χ3v) is 5.56. The van der Waals surface area contributed by atoms with Crippen LogP contribution in [0.2, 0.25) is 0 Å². The molecule has 2 aromatic carbocycles. The Morgan fingerprint density at radius 3 is 2.26 bits per heavy atom. The van der Waals surface area contributed by atoms with Gasteiger partial charge in [0.15, 0.2) is 0 Å². The molecule has 2 fully saturated rings. The molecule has 7 nitrogen and oxygen atoms in total. The van der Waals surface area contributed by atoms with Crippen molar-refractivity contribution in [2.24, 2.45) is 0 Å². The Hall–Kier alpha value is -3.02. The fourth-order valence-electron chi connectivity index (χ4n) is 3.72. The lowest BCUT2D eigenvalue weighted by molar-refractivity contribution is -0.184. The third kappa shape index (κ3) is 5.19. The van der Waals surface area contributed by atoms with Crippen molar-refractivity contribution in [1.82, 2.24) is 15.3 Å². The van der Waals surface area contributed by atoms with Gasteiger partial charge in [0.25, 0.3) is 5.91 Å². The highest BCUT2D eigenvalue weighted by Gasteiger charge is 2.34. The average Bonchev–Trinajstić information content (AvgIpc) is 2.81. The maximum Gasteiger partial charge on any atom is 0.271 e. The highest BCUT2D eigenvalue weighted by atomic mass is 16.5. The Balaban J connectivity index is 1.37. The first-order chi connectivity index (χ1) is 15.1. The predicted molar refractivity (Wildman–Crippen MR) is 114 cm³/mol. The maximum atomic E-state index is 12.0. The van der Waals surface area contributed by atoms with Crippen molar-refractivity contribution in [2.45, 2.75) is 18.6 Å². The number of morpholine rings is 1. The number of hydrogen-bond acceptors (Lipinski definition) is 6. The lowest BCUT2D eigenvalue weighted by Crippen LogP contribution is -2.55. The summed E-state index contributed by atoms with van der Waals surface area (Å²) >= 11 is 0. The van der Waals surface area contributed by atoms with E-state index in [1.54, 1.807) is 0 Å². The standard InChI is InChI=1S/C24H25N3O4/c28-17-22-24(29)27(30)23(15-25-22)21-9-7-19(8-10-21)2-1-18-3-5-20(6-4-18)16-26-11-13-31-14-12-26/h3-10,17,22-23,25,30H,11-16H2. The topological polar surface area (TPSA) is 82.1 Å². The van der Waals surface area contributed by atoms with E-state index in [4.69, 9.17) is 4.74 Å². The molecule has 2 aromatic rings. The molecule has 1 amide bonds. The molecule has 0 radical (unpaired) electrons. The van der Waals surface area contributed by atoms with Gasteiger partial charge in [-0.25, -0.2) is 5.06 Å². The molecule has 160 valence electrons. The Morgan fingerprint density at radius 2 is 1.65 bits per heavy atom. The molecule has 31 heavy (non-hydrogen) atoms.